The Morgan fingerprint density at radius 1 is 1.04 bits per heavy atom. The first-order valence-electron chi connectivity index (χ1n) is 8.14. The van der Waals surface area contributed by atoms with Gasteiger partial charge >= 0.3 is 5.63 Å². The fourth-order valence-electron chi connectivity index (χ4n) is 3.06. The minimum absolute atomic E-state index is 0.0137. The molecule has 134 valence electrons. The molecule has 4 rings (SSSR count). The summed E-state index contributed by atoms with van der Waals surface area (Å²) in [6, 6.07) is 14.3. The number of phenols is 1. The molecule has 0 bridgehead atoms. The van der Waals surface area contributed by atoms with Crippen LogP contribution in [0, 0.1) is 17.0 Å². The van der Waals surface area contributed by atoms with Crippen molar-refractivity contribution in [1.82, 2.24) is 0 Å². The summed E-state index contributed by atoms with van der Waals surface area (Å²) in [5, 5.41) is 26.4. The molecule has 0 saturated carbocycles. The Bertz CT molecular complexity index is 1260. The van der Waals surface area contributed by atoms with E-state index < -0.39 is 10.5 Å². The maximum absolute atomic E-state index is 11.7. The summed E-state index contributed by atoms with van der Waals surface area (Å²) in [6.45, 7) is 1.83. The second kappa shape index (κ2) is 6.14. The number of anilines is 2. The molecule has 3 aromatic carbocycles. The van der Waals surface area contributed by atoms with E-state index >= 15 is 0 Å². The minimum Gasteiger partial charge on any atom is -0.506 e. The normalized spacial score (nSPS) is 11.0. The maximum Gasteiger partial charge on any atom is 0.336 e. The maximum atomic E-state index is 11.7. The van der Waals surface area contributed by atoms with Crippen LogP contribution >= 0.6 is 0 Å². The van der Waals surface area contributed by atoms with E-state index in [1.807, 2.05) is 19.1 Å². The Balaban J connectivity index is 1.81. The molecule has 0 fully saturated rings. The van der Waals surface area contributed by atoms with Gasteiger partial charge in [-0.05, 0) is 42.1 Å². The summed E-state index contributed by atoms with van der Waals surface area (Å²) >= 11 is 0. The summed E-state index contributed by atoms with van der Waals surface area (Å²) < 4.78 is 5.35. The smallest absolute Gasteiger partial charge is 0.336 e. The molecule has 7 heteroatoms. The molecule has 2 N–H and O–H groups in total. The quantitative estimate of drug-likeness (QED) is 0.181. The number of aryl methyl sites for hydroxylation is 1. The Morgan fingerprint density at radius 2 is 1.78 bits per heavy atom. The van der Waals surface area contributed by atoms with Crippen molar-refractivity contribution in [2.75, 3.05) is 5.32 Å². The van der Waals surface area contributed by atoms with Gasteiger partial charge in [0.1, 0.15) is 11.3 Å². The standard InChI is InChI=1S/C20H14N2O5/c1-11-8-19(24)27-20-15(11)7-2-12-9-17(18(23)10-16(12)20)21-13-3-5-14(6-4-13)22(25)26/h2-10,21,23H,1H3. The van der Waals surface area contributed by atoms with Gasteiger partial charge in [-0.2, -0.15) is 0 Å². The third kappa shape index (κ3) is 2.95. The molecule has 0 aliphatic rings. The molecular formula is C20H14N2O5. The number of nitrogens with zero attached hydrogens (tertiary/aromatic N) is 1. The zero-order chi connectivity index (χ0) is 19.1. The van der Waals surface area contributed by atoms with Crippen molar-refractivity contribution in [3.63, 3.8) is 0 Å². The Morgan fingerprint density at radius 3 is 2.48 bits per heavy atom. The van der Waals surface area contributed by atoms with Gasteiger partial charge in [0.15, 0.2) is 0 Å². The van der Waals surface area contributed by atoms with Gasteiger partial charge in [0.05, 0.1) is 10.6 Å². The third-order valence-electron chi connectivity index (χ3n) is 4.41. The number of rotatable bonds is 3. The molecule has 0 unspecified atom stereocenters. The number of nitrogens with one attached hydrogen (secondary N) is 1. The van der Waals surface area contributed by atoms with Gasteiger partial charge < -0.3 is 14.8 Å². The highest BCUT2D eigenvalue weighted by Crippen LogP contribution is 2.35. The second-order valence-electron chi connectivity index (χ2n) is 6.21. The predicted molar refractivity (Wildman–Crippen MR) is 103 cm³/mol. The molecule has 27 heavy (non-hydrogen) atoms. The van der Waals surface area contributed by atoms with Crippen LogP contribution in [-0.2, 0) is 0 Å². The van der Waals surface area contributed by atoms with Crippen LogP contribution < -0.4 is 10.9 Å². The van der Waals surface area contributed by atoms with Gasteiger partial charge in [-0.1, -0.05) is 12.1 Å². The number of fused-ring (bicyclic) bond motifs is 3. The molecule has 4 aromatic rings. The number of phenolic OH excluding ortho intramolecular Hbond substituents is 1. The largest absolute Gasteiger partial charge is 0.506 e. The molecule has 1 heterocycles. The molecule has 0 saturated heterocycles. The van der Waals surface area contributed by atoms with Crippen LogP contribution in [0.3, 0.4) is 0 Å². The van der Waals surface area contributed by atoms with Gasteiger partial charge in [-0.15, -0.1) is 0 Å². The highest BCUT2D eigenvalue weighted by atomic mass is 16.6. The molecule has 0 atom stereocenters. The van der Waals surface area contributed by atoms with Gasteiger partial charge in [0.2, 0.25) is 0 Å². The first-order valence-corrected chi connectivity index (χ1v) is 8.14. The summed E-state index contributed by atoms with van der Waals surface area (Å²) in [6.07, 6.45) is 0. The van der Waals surface area contributed by atoms with E-state index in [0.717, 1.165) is 16.3 Å². The lowest BCUT2D eigenvalue weighted by molar-refractivity contribution is -0.384. The van der Waals surface area contributed by atoms with E-state index in [-0.39, 0.29) is 11.4 Å². The van der Waals surface area contributed by atoms with Crippen molar-refractivity contribution in [2.45, 2.75) is 6.92 Å². The number of aromatic hydroxyl groups is 1. The summed E-state index contributed by atoms with van der Waals surface area (Å²) in [5.74, 6) is -0.0301. The highest BCUT2D eigenvalue weighted by molar-refractivity contribution is 6.07. The number of nitro groups is 1. The third-order valence-corrected chi connectivity index (χ3v) is 4.41. The van der Waals surface area contributed by atoms with Crippen molar-refractivity contribution in [3.05, 3.63) is 80.7 Å². The van der Waals surface area contributed by atoms with Gasteiger partial charge in [0, 0.05) is 34.7 Å². The average molecular weight is 362 g/mol. The summed E-state index contributed by atoms with van der Waals surface area (Å²) in [4.78, 5) is 22.0. The SMILES string of the molecule is Cc1cc(=O)oc2c1ccc1cc(Nc3ccc([N+](=O)[O-])cc3)c(O)cc12. The zero-order valence-electron chi connectivity index (χ0n) is 14.2. The van der Waals surface area contributed by atoms with Crippen LogP contribution in [-0.4, -0.2) is 10.0 Å². The topological polar surface area (TPSA) is 106 Å². The Labute approximate surface area is 152 Å². The molecule has 0 spiro atoms. The number of hydrogen-bond acceptors (Lipinski definition) is 6. The highest BCUT2D eigenvalue weighted by Gasteiger charge is 2.11. The van der Waals surface area contributed by atoms with E-state index in [0.29, 0.717) is 22.3 Å². The van der Waals surface area contributed by atoms with Crippen molar-refractivity contribution < 1.29 is 14.4 Å². The Kier molecular flexibility index (Phi) is 3.77. The van der Waals surface area contributed by atoms with Crippen molar-refractivity contribution in [2.24, 2.45) is 0 Å². The van der Waals surface area contributed by atoms with Crippen molar-refractivity contribution >= 4 is 38.8 Å². The van der Waals surface area contributed by atoms with Gasteiger partial charge in [-0.25, -0.2) is 4.79 Å². The number of hydrogen-bond donors (Lipinski definition) is 2. The van der Waals surface area contributed by atoms with Crippen LogP contribution in [0.25, 0.3) is 21.7 Å². The number of benzene rings is 3. The average Bonchev–Trinajstić information content (AvgIpc) is 2.63. The van der Waals surface area contributed by atoms with Crippen molar-refractivity contribution in [3.8, 4) is 5.75 Å². The molecule has 0 amide bonds. The Hall–Kier alpha value is -3.87. The van der Waals surface area contributed by atoms with Crippen LogP contribution in [0.2, 0.25) is 0 Å². The molecule has 0 aliphatic heterocycles. The van der Waals surface area contributed by atoms with E-state index in [9.17, 15) is 20.0 Å². The van der Waals surface area contributed by atoms with Crippen molar-refractivity contribution in [1.29, 1.82) is 0 Å². The lowest BCUT2D eigenvalue weighted by Gasteiger charge is -2.11. The van der Waals surface area contributed by atoms with E-state index in [2.05, 4.69) is 5.32 Å². The molecule has 1 aromatic heterocycles. The lowest BCUT2D eigenvalue weighted by atomic mass is 10.0. The zero-order valence-corrected chi connectivity index (χ0v) is 14.2. The van der Waals surface area contributed by atoms with Crippen LogP contribution in [0.1, 0.15) is 5.56 Å². The first-order chi connectivity index (χ1) is 12.9. The molecular weight excluding hydrogens is 348 g/mol. The fraction of sp³-hybridized carbons (Fsp3) is 0.0500. The molecule has 0 radical (unpaired) electrons. The summed E-state index contributed by atoms with van der Waals surface area (Å²) in [5.41, 5.74) is 1.80. The van der Waals surface area contributed by atoms with Gasteiger partial charge in [-0.3, -0.25) is 10.1 Å². The molecule has 7 nitrogen and oxygen atoms in total. The second-order valence-corrected chi connectivity index (χ2v) is 6.21. The predicted octanol–water partition coefficient (Wildman–Crippen LogP) is 4.61. The van der Waals surface area contributed by atoms with Gasteiger partial charge in [0.25, 0.3) is 5.69 Å². The monoisotopic (exact) mass is 362 g/mol. The molecule has 0 aliphatic carbocycles. The number of nitro benzene ring substituents is 1. The first kappa shape index (κ1) is 16.6. The van der Waals surface area contributed by atoms with Crippen LogP contribution in [0.5, 0.6) is 5.75 Å². The lowest BCUT2D eigenvalue weighted by Crippen LogP contribution is -1.98. The summed E-state index contributed by atoms with van der Waals surface area (Å²) in [7, 11) is 0. The van der Waals surface area contributed by atoms with E-state index in [4.69, 9.17) is 4.42 Å². The van der Waals surface area contributed by atoms with E-state index in [1.54, 1.807) is 18.2 Å². The van der Waals surface area contributed by atoms with Crippen LogP contribution in [0.15, 0.2) is 63.8 Å². The number of non-ortho nitro benzene ring substituents is 1. The van der Waals surface area contributed by atoms with E-state index in [1.165, 1.54) is 24.3 Å². The van der Waals surface area contributed by atoms with Crippen LogP contribution in [0.4, 0.5) is 17.1 Å². The fourth-order valence-corrected chi connectivity index (χ4v) is 3.06. The minimum atomic E-state index is -0.474.